The van der Waals surface area contributed by atoms with Gasteiger partial charge in [-0.3, -0.25) is 15.6 Å². The Hall–Kier alpha value is -2.28. The van der Waals surface area contributed by atoms with Crippen LogP contribution < -0.4 is 15.6 Å². The van der Waals surface area contributed by atoms with Crippen molar-refractivity contribution < 1.29 is 9.53 Å². The Balaban J connectivity index is 1.84. The van der Waals surface area contributed by atoms with Crippen LogP contribution in [0, 0.1) is 0 Å². The van der Waals surface area contributed by atoms with Crippen molar-refractivity contribution in [2.45, 2.75) is 17.1 Å². The minimum Gasteiger partial charge on any atom is -0.497 e. The molecule has 2 aromatic rings. The molecule has 2 rings (SSSR count). The summed E-state index contributed by atoms with van der Waals surface area (Å²) in [5, 5.41) is -0.255. The summed E-state index contributed by atoms with van der Waals surface area (Å²) >= 11 is 1.46. The first-order valence-corrected chi connectivity index (χ1v) is 7.20. The number of thioether (sulfide) groups is 1. The van der Waals surface area contributed by atoms with Gasteiger partial charge in [0.2, 0.25) is 5.95 Å². The van der Waals surface area contributed by atoms with Gasteiger partial charge >= 0.3 is 0 Å². The number of carbonyl (C=O) groups is 1. The number of nitrogens with one attached hydrogen (secondary N) is 2. The van der Waals surface area contributed by atoms with E-state index in [0.717, 1.165) is 10.6 Å². The van der Waals surface area contributed by atoms with Crippen molar-refractivity contribution in [1.29, 1.82) is 0 Å². The lowest BCUT2D eigenvalue weighted by Gasteiger charge is -2.12. The van der Waals surface area contributed by atoms with Crippen LogP contribution in [0.3, 0.4) is 0 Å². The van der Waals surface area contributed by atoms with E-state index >= 15 is 0 Å². The van der Waals surface area contributed by atoms with Crippen LogP contribution in [0.4, 0.5) is 5.95 Å². The van der Waals surface area contributed by atoms with Crippen LogP contribution in [0.2, 0.25) is 0 Å². The Morgan fingerprint density at radius 2 is 1.90 bits per heavy atom. The molecule has 0 aliphatic heterocycles. The summed E-state index contributed by atoms with van der Waals surface area (Å²) in [5.41, 5.74) is 5.26. The third-order valence-electron chi connectivity index (χ3n) is 2.60. The standard InChI is InChI=1S/C14H16N4O2S/c1-10(21-12-6-4-11(20-2)5-7-12)13(19)17-18-14-15-8-3-9-16-14/h3-10H,1-2H3,(H,17,19)(H,15,16,18)/t10-/m0/s1. The fourth-order valence-corrected chi connectivity index (χ4v) is 2.36. The summed E-state index contributed by atoms with van der Waals surface area (Å²) in [4.78, 5) is 20.9. The number of carbonyl (C=O) groups excluding carboxylic acids is 1. The van der Waals surface area contributed by atoms with Crippen molar-refractivity contribution in [3.05, 3.63) is 42.7 Å². The molecule has 21 heavy (non-hydrogen) atoms. The van der Waals surface area contributed by atoms with Crippen molar-refractivity contribution >= 4 is 23.6 Å². The van der Waals surface area contributed by atoms with E-state index in [-0.39, 0.29) is 11.2 Å². The highest BCUT2D eigenvalue weighted by Crippen LogP contribution is 2.25. The summed E-state index contributed by atoms with van der Waals surface area (Å²) in [5.74, 6) is 0.995. The van der Waals surface area contributed by atoms with Gasteiger partial charge < -0.3 is 4.74 Å². The van der Waals surface area contributed by atoms with Gasteiger partial charge in [0.15, 0.2) is 0 Å². The molecule has 7 heteroatoms. The van der Waals surface area contributed by atoms with Crippen LogP contribution in [-0.2, 0) is 4.79 Å². The topological polar surface area (TPSA) is 76.1 Å². The van der Waals surface area contributed by atoms with Crippen molar-refractivity contribution in [3.8, 4) is 5.75 Å². The number of hydrazine groups is 1. The Kier molecular flexibility index (Phi) is 5.39. The minimum absolute atomic E-state index is 0.150. The normalized spacial score (nSPS) is 11.5. The second-order valence-corrected chi connectivity index (χ2v) is 5.54. The van der Waals surface area contributed by atoms with Crippen LogP contribution >= 0.6 is 11.8 Å². The third kappa shape index (κ3) is 4.64. The lowest BCUT2D eigenvalue weighted by atomic mass is 10.3. The zero-order valence-electron chi connectivity index (χ0n) is 11.7. The van der Waals surface area contributed by atoms with Crippen LogP contribution in [0.25, 0.3) is 0 Å². The maximum Gasteiger partial charge on any atom is 0.251 e. The zero-order chi connectivity index (χ0) is 15.1. The van der Waals surface area contributed by atoms with Gasteiger partial charge in [0.05, 0.1) is 12.4 Å². The van der Waals surface area contributed by atoms with Gasteiger partial charge in [0.25, 0.3) is 5.91 Å². The fourth-order valence-electron chi connectivity index (χ4n) is 1.49. The van der Waals surface area contributed by atoms with Gasteiger partial charge in [-0.15, -0.1) is 11.8 Å². The largest absolute Gasteiger partial charge is 0.497 e. The SMILES string of the molecule is COc1ccc(S[C@@H](C)C(=O)NNc2ncccn2)cc1. The number of methoxy groups -OCH3 is 1. The molecule has 0 saturated carbocycles. The molecule has 6 nitrogen and oxygen atoms in total. The van der Waals surface area contributed by atoms with E-state index in [2.05, 4.69) is 20.8 Å². The number of amides is 1. The summed E-state index contributed by atoms with van der Waals surface area (Å²) in [6.07, 6.45) is 3.19. The summed E-state index contributed by atoms with van der Waals surface area (Å²) in [6, 6.07) is 9.27. The molecule has 1 atom stereocenters. The molecule has 0 aliphatic rings. The monoisotopic (exact) mass is 304 g/mol. The number of aromatic nitrogens is 2. The highest BCUT2D eigenvalue weighted by Gasteiger charge is 2.14. The molecule has 110 valence electrons. The highest BCUT2D eigenvalue weighted by atomic mass is 32.2. The van der Waals surface area contributed by atoms with E-state index in [4.69, 9.17) is 4.74 Å². The van der Waals surface area contributed by atoms with E-state index in [1.54, 1.807) is 25.6 Å². The smallest absolute Gasteiger partial charge is 0.251 e. The van der Waals surface area contributed by atoms with Gasteiger partial charge in [0, 0.05) is 17.3 Å². The minimum atomic E-state index is -0.255. The number of rotatable bonds is 6. The van der Waals surface area contributed by atoms with E-state index < -0.39 is 0 Å². The Morgan fingerprint density at radius 1 is 1.24 bits per heavy atom. The van der Waals surface area contributed by atoms with Gasteiger partial charge in [-0.1, -0.05) is 0 Å². The fraction of sp³-hybridized carbons (Fsp3) is 0.214. The number of hydrogen-bond donors (Lipinski definition) is 2. The lowest BCUT2D eigenvalue weighted by molar-refractivity contribution is -0.119. The average molecular weight is 304 g/mol. The Morgan fingerprint density at radius 3 is 2.52 bits per heavy atom. The van der Waals surface area contributed by atoms with Crippen LogP contribution in [-0.4, -0.2) is 28.2 Å². The van der Waals surface area contributed by atoms with Gasteiger partial charge in [-0.25, -0.2) is 9.97 Å². The first-order valence-electron chi connectivity index (χ1n) is 6.32. The molecule has 0 radical (unpaired) electrons. The number of nitrogens with zero attached hydrogens (tertiary/aromatic N) is 2. The zero-order valence-corrected chi connectivity index (χ0v) is 12.6. The first kappa shape index (κ1) is 15.1. The van der Waals surface area contributed by atoms with Crippen molar-refractivity contribution in [3.63, 3.8) is 0 Å². The van der Waals surface area contributed by atoms with Crippen LogP contribution in [0.5, 0.6) is 5.75 Å². The lowest BCUT2D eigenvalue weighted by Crippen LogP contribution is -2.35. The van der Waals surface area contributed by atoms with E-state index in [0.29, 0.717) is 5.95 Å². The number of benzene rings is 1. The van der Waals surface area contributed by atoms with Gasteiger partial charge in [0.1, 0.15) is 5.75 Å². The van der Waals surface area contributed by atoms with Gasteiger partial charge in [-0.2, -0.15) is 0 Å². The Labute approximate surface area is 127 Å². The Bertz CT molecular complexity index is 577. The van der Waals surface area contributed by atoms with Crippen LogP contribution in [0.1, 0.15) is 6.92 Å². The van der Waals surface area contributed by atoms with Crippen molar-refractivity contribution in [1.82, 2.24) is 15.4 Å². The molecule has 1 aromatic carbocycles. The third-order valence-corrected chi connectivity index (χ3v) is 3.72. The molecule has 0 aliphatic carbocycles. The molecule has 0 bridgehead atoms. The molecule has 1 aromatic heterocycles. The molecule has 0 unspecified atom stereocenters. The highest BCUT2D eigenvalue weighted by molar-refractivity contribution is 8.00. The molecule has 0 saturated heterocycles. The first-order chi connectivity index (χ1) is 10.2. The van der Waals surface area contributed by atoms with Crippen molar-refractivity contribution in [2.24, 2.45) is 0 Å². The van der Waals surface area contributed by atoms with Gasteiger partial charge in [-0.05, 0) is 37.3 Å². The predicted molar refractivity (Wildman–Crippen MR) is 82.1 cm³/mol. The second kappa shape index (κ2) is 7.49. The summed E-state index contributed by atoms with van der Waals surface area (Å²) < 4.78 is 5.10. The maximum absolute atomic E-state index is 12.0. The molecule has 0 spiro atoms. The second-order valence-electron chi connectivity index (χ2n) is 4.12. The number of ether oxygens (including phenoxy) is 1. The number of anilines is 1. The molecular formula is C14H16N4O2S. The van der Waals surface area contributed by atoms with E-state index in [9.17, 15) is 4.79 Å². The molecule has 1 heterocycles. The van der Waals surface area contributed by atoms with Crippen molar-refractivity contribution in [2.75, 3.05) is 12.5 Å². The van der Waals surface area contributed by atoms with E-state index in [1.807, 2.05) is 31.2 Å². The quantitative estimate of drug-likeness (QED) is 0.629. The number of hydrogen-bond acceptors (Lipinski definition) is 6. The molecule has 1 amide bonds. The van der Waals surface area contributed by atoms with Crippen LogP contribution in [0.15, 0.2) is 47.6 Å². The molecular weight excluding hydrogens is 288 g/mol. The molecule has 2 N–H and O–H groups in total. The predicted octanol–water partition coefficient (Wildman–Crippen LogP) is 2.11. The maximum atomic E-state index is 12.0. The summed E-state index contributed by atoms with van der Waals surface area (Å²) in [7, 11) is 1.62. The average Bonchev–Trinajstić information content (AvgIpc) is 2.54. The summed E-state index contributed by atoms with van der Waals surface area (Å²) in [6.45, 7) is 1.83. The molecule has 0 fully saturated rings. The van der Waals surface area contributed by atoms with E-state index in [1.165, 1.54) is 11.8 Å².